The number of benzene rings is 1. The molecule has 0 amide bonds. The van der Waals surface area contributed by atoms with Crippen molar-refractivity contribution in [2.45, 2.75) is 25.5 Å². The molecular formula is C11H16ClFN2O. The minimum atomic E-state index is -0.414. The molecule has 0 spiro atoms. The third-order valence-corrected chi connectivity index (χ3v) is 2.88. The molecule has 3 N–H and O–H groups in total. The lowest BCUT2D eigenvalue weighted by atomic mass is 10.0. The van der Waals surface area contributed by atoms with Crippen LogP contribution in [0.1, 0.15) is 12.5 Å². The summed E-state index contributed by atoms with van der Waals surface area (Å²) in [6.07, 6.45) is 0.597. The van der Waals surface area contributed by atoms with Crippen LogP contribution >= 0.6 is 11.6 Å². The van der Waals surface area contributed by atoms with Gasteiger partial charge in [0.25, 0.3) is 0 Å². The summed E-state index contributed by atoms with van der Waals surface area (Å²) < 4.78 is 18.1. The number of rotatable bonds is 5. The SMILES string of the molecule is COC(C)C(Cc1ccc(F)c(Cl)c1)NN. The molecular weight excluding hydrogens is 231 g/mol. The Morgan fingerprint density at radius 2 is 2.25 bits per heavy atom. The highest BCUT2D eigenvalue weighted by atomic mass is 35.5. The summed E-state index contributed by atoms with van der Waals surface area (Å²) in [5, 5.41) is 0.123. The van der Waals surface area contributed by atoms with Crippen molar-refractivity contribution in [1.29, 1.82) is 0 Å². The van der Waals surface area contributed by atoms with Gasteiger partial charge in [-0.05, 0) is 31.0 Å². The fourth-order valence-corrected chi connectivity index (χ4v) is 1.65. The molecule has 1 aromatic rings. The van der Waals surface area contributed by atoms with E-state index < -0.39 is 5.82 Å². The zero-order valence-corrected chi connectivity index (χ0v) is 10.1. The molecule has 3 nitrogen and oxygen atoms in total. The molecule has 1 rings (SSSR count). The van der Waals surface area contributed by atoms with Crippen LogP contribution in [0.2, 0.25) is 5.02 Å². The molecule has 2 unspecified atom stereocenters. The summed E-state index contributed by atoms with van der Waals surface area (Å²) in [7, 11) is 1.62. The molecule has 0 radical (unpaired) electrons. The molecule has 90 valence electrons. The molecule has 16 heavy (non-hydrogen) atoms. The maximum absolute atomic E-state index is 12.9. The van der Waals surface area contributed by atoms with Crippen molar-refractivity contribution in [3.8, 4) is 0 Å². The highest BCUT2D eigenvalue weighted by Gasteiger charge is 2.16. The summed E-state index contributed by atoms with van der Waals surface area (Å²) in [5.41, 5.74) is 3.59. The zero-order valence-electron chi connectivity index (χ0n) is 9.34. The van der Waals surface area contributed by atoms with Crippen LogP contribution < -0.4 is 11.3 Å². The van der Waals surface area contributed by atoms with Crippen LogP contribution in [0, 0.1) is 5.82 Å². The van der Waals surface area contributed by atoms with Crippen LogP contribution in [-0.2, 0) is 11.2 Å². The van der Waals surface area contributed by atoms with Crippen molar-refractivity contribution < 1.29 is 9.13 Å². The van der Waals surface area contributed by atoms with E-state index in [0.717, 1.165) is 5.56 Å². The number of hydrazine groups is 1. The van der Waals surface area contributed by atoms with Gasteiger partial charge in [-0.3, -0.25) is 11.3 Å². The highest BCUT2D eigenvalue weighted by molar-refractivity contribution is 6.30. The first-order valence-corrected chi connectivity index (χ1v) is 5.39. The van der Waals surface area contributed by atoms with E-state index in [1.54, 1.807) is 19.2 Å². The van der Waals surface area contributed by atoms with Gasteiger partial charge < -0.3 is 4.74 Å². The Hall–Kier alpha value is -0.680. The second-order valence-corrected chi connectivity index (χ2v) is 4.07. The van der Waals surface area contributed by atoms with Gasteiger partial charge >= 0.3 is 0 Å². The van der Waals surface area contributed by atoms with E-state index in [-0.39, 0.29) is 17.2 Å². The molecule has 0 saturated carbocycles. The number of nitrogens with two attached hydrogens (primary N) is 1. The largest absolute Gasteiger partial charge is 0.380 e. The van der Waals surface area contributed by atoms with Crippen molar-refractivity contribution in [1.82, 2.24) is 5.43 Å². The Balaban J connectivity index is 2.74. The third kappa shape index (κ3) is 3.42. The minimum absolute atomic E-state index is 0.0335. The summed E-state index contributed by atoms with van der Waals surface area (Å²) in [6.45, 7) is 1.91. The normalized spacial score (nSPS) is 14.8. The Bertz CT molecular complexity index is 349. The first kappa shape index (κ1) is 13.4. The van der Waals surface area contributed by atoms with Gasteiger partial charge in [-0.1, -0.05) is 17.7 Å². The molecule has 0 saturated heterocycles. The molecule has 0 aliphatic carbocycles. The molecule has 1 aromatic carbocycles. The number of ether oxygens (including phenoxy) is 1. The van der Waals surface area contributed by atoms with E-state index in [4.69, 9.17) is 22.2 Å². The summed E-state index contributed by atoms with van der Waals surface area (Å²) in [5.74, 6) is 5.01. The summed E-state index contributed by atoms with van der Waals surface area (Å²) >= 11 is 5.70. The maximum atomic E-state index is 12.9. The molecule has 0 aliphatic rings. The monoisotopic (exact) mass is 246 g/mol. The second kappa shape index (κ2) is 6.15. The van der Waals surface area contributed by atoms with E-state index in [2.05, 4.69) is 5.43 Å². The first-order chi connectivity index (χ1) is 7.58. The van der Waals surface area contributed by atoms with E-state index in [1.165, 1.54) is 6.07 Å². The Morgan fingerprint density at radius 3 is 2.75 bits per heavy atom. The maximum Gasteiger partial charge on any atom is 0.141 e. The van der Waals surface area contributed by atoms with Crippen molar-refractivity contribution in [3.05, 3.63) is 34.6 Å². The van der Waals surface area contributed by atoms with Gasteiger partial charge in [0.1, 0.15) is 5.82 Å². The number of hydrogen-bond acceptors (Lipinski definition) is 3. The lowest BCUT2D eigenvalue weighted by Gasteiger charge is -2.22. The Morgan fingerprint density at radius 1 is 1.56 bits per heavy atom. The Labute approximate surface area is 99.7 Å². The molecule has 5 heteroatoms. The van der Waals surface area contributed by atoms with Gasteiger partial charge in [-0.25, -0.2) is 4.39 Å². The van der Waals surface area contributed by atoms with Crippen molar-refractivity contribution in [2.75, 3.05) is 7.11 Å². The fourth-order valence-electron chi connectivity index (χ4n) is 1.45. The second-order valence-electron chi connectivity index (χ2n) is 3.67. The summed E-state index contributed by atoms with van der Waals surface area (Å²) in [4.78, 5) is 0. The molecule has 0 fully saturated rings. The molecule has 0 aromatic heterocycles. The molecule has 2 atom stereocenters. The van der Waals surface area contributed by atoms with E-state index in [9.17, 15) is 4.39 Å². The van der Waals surface area contributed by atoms with E-state index in [1.807, 2.05) is 6.92 Å². The van der Waals surface area contributed by atoms with Crippen LogP contribution in [0.3, 0.4) is 0 Å². The van der Waals surface area contributed by atoms with Gasteiger partial charge in [0.2, 0.25) is 0 Å². The minimum Gasteiger partial charge on any atom is -0.380 e. The van der Waals surface area contributed by atoms with Gasteiger partial charge in [0.15, 0.2) is 0 Å². The van der Waals surface area contributed by atoms with Gasteiger partial charge in [-0.2, -0.15) is 0 Å². The topological polar surface area (TPSA) is 47.3 Å². The highest BCUT2D eigenvalue weighted by Crippen LogP contribution is 2.17. The van der Waals surface area contributed by atoms with E-state index in [0.29, 0.717) is 6.42 Å². The quantitative estimate of drug-likeness (QED) is 0.616. The van der Waals surface area contributed by atoms with Crippen molar-refractivity contribution in [2.24, 2.45) is 5.84 Å². The van der Waals surface area contributed by atoms with Gasteiger partial charge in [-0.15, -0.1) is 0 Å². The van der Waals surface area contributed by atoms with Crippen LogP contribution in [0.15, 0.2) is 18.2 Å². The van der Waals surface area contributed by atoms with Gasteiger partial charge in [0, 0.05) is 7.11 Å². The van der Waals surface area contributed by atoms with Gasteiger partial charge in [0.05, 0.1) is 17.2 Å². The van der Waals surface area contributed by atoms with Crippen molar-refractivity contribution in [3.63, 3.8) is 0 Å². The predicted molar refractivity (Wildman–Crippen MR) is 62.7 cm³/mol. The zero-order chi connectivity index (χ0) is 12.1. The van der Waals surface area contributed by atoms with E-state index >= 15 is 0 Å². The lowest BCUT2D eigenvalue weighted by molar-refractivity contribution is 0.0831. The first-order valence-electron chi connectivity index (χ1n) is 5.01. The third-order valence-electron chi connectivity index (χ3n) is 2.59. The van der Waals surface area contributed by atoms with Crippen LogP contribution in [0.25, 0.3) is 0 Å². The van der Waals surface area contributed by atoms with Crippen LogP contribution in [0.5, 0.6) is 0 Å². The summed E-state index contributed by atoms with van der Waals surface area (Å²) in [6, 6.07) is 4.60. The van der Waals surface area contributed by atoms with Crippen LogP contribution in [-0.4, -0.2) is 19.3 Å². The average molecular weight is 247 g/mol. The average Bonchev–Trinajstić information content (AvgIpc) is 2.29. The van der Waals surface area contributed by atoms with Crippen LogP contribution in [0.4, 0.5) is 4.39 Å². The van der Waals surface area contributed by atoms with Crippen molar-refractivity contribution >= 4 is 11.6 Å². The fraction of sp³-hybridized carbons (Fsp3) is 0.455. The standard InChI is InChI=1S/C11H16ClFN2O/c1-7(16-2)11(15-14)6-8-3-4-10(13)9(12)5-8/h3-5,7,11,15H,6,14H2,1-2H3. The predicted octanol–water partition coefficient (Wildman–Crippen LogP) is 1.89. The number of methoxy groups -OCH3 is 1. The smallest absolute Gasteiger partial charge is 0.141 e. The number of hydrogen-bond donors (Lipinski definition) is 2. The number of halogens is 2. The number of nitrogens with one attached hydrogen (secondary N) is 1. The molecule has 0 heterocycles. The molecule has 0 aliphatic heterocycles. The lowest BCUT2D eigenvalue weighted by Crippen LogP contribution is -2.45. The molecule has 0 bridgehead atoms. The Kier molecular flexibility index (Phi) is 5.15.